The van der Waals surface area contributed by atoms with E-state index in [1.54, 1.807) is 60.7 Å². The average Bonchev–Trinajstić information content (AvgIpc) is 2.81. The van der Waals surface area contributed by atoms with Crippen molar-refractivity contribution in [3.63, 3.8) is 0 Å². The maximum Gasteiger partial charge on any atom is 0.185 e. The van der Waals surface area contributed by atoms with Crippen molar-refractivity contribution in [2.24, 2.45) is 0 Å². The molecular formula is C27H30O4S. The minimum Gasteiger partial charge on any atom is -0.494 e. The van der Waals surface area contributed by atoms with Gasteiger partial charge < -0.3 is 4.74 Å². The number of aryl methyl sites for hydroxylation is 2. The van der Waals surface area contributed by atoms with E-state index in [0.717, 1.165) is 24.0 Å². The molecule has 0 N–H and O–H groups in total. The molecule has 0 saturated heterocycles. The molecular weight excluding hydrogens is 420 g/mol. The van der Waals surface area contributed by atoms with Crippen LogP contribution in [0.4, 0.5) is 0 Å². The van der Waals surface area contributed by atoms with Crippen LogP contribution in [0.5, 0.6) is 5.75 Å². The fourth-order valence-electron chi connectivity index (χ4n) is 3.51. The number of carbonyl (C=O) groups is 1. The molecule has 0 aromatic heterocycles. The Morgan fingerprint density at radius 1 is 0.875 bits per heavy atom. The Kier molecular flexibility index (Phi) is 7.86. The molecule has 3 aromatic carbocycles. The van der Waals surface area contributed by atoms with Crippen molar-refractivity contribution in [3.8, 4) is 5.75 Å². The van der Waals surface area contributed by atoms with Crippen molar-refractivity contribution in [2.75, 3.05) is 6.61 Å². The predicted octanol–water partition coefficient (Wildman–Crippen LogP) is 6.13. The normalized spacial score (nSPS) is 12.3. The Labute approximate surface area is 191 Å². The number of ketones is 1. The molecule has 0 saturated carbocycles. The fraction of sp³-hybridized carbons (Fsp3) is 0.296. The molecule has 0 heterocycles. The topological polar surface area (TPSA) is 60.4 Å². The number of benzene rings is 3. The molecule has 0 bridgehead atoms. The maximum atomic E-state index is 13.6. The largest absolute Gasteiger partial charge is 0.494 e. The Morgan fingerprint density at radius 2 is 1.50 bits per heavy atom. The van der Waals surface area contributed by atoms with Gasteiger partial charge in [0.05, 0.1) is 16.8 Å². The third-order valence-corrected chi connectivity index (χ3v) is 7.62. The number of Topliss-reactive ketones (excluding diaryl/α,β-unsaturated/α-hetero) is 1. The molecule has 4 nitrogen and oxygen atoms in total. The van der Waals surface area contributed by atoms with Crippen LogP contribution in [0.3, 0.4) is 0 Å². The molecule has 0 fully saturated rings. The van der Waals surface area contributed by atoms with E-state index in [4.69, 9.17) is 4.74 Å². The molecule has 0 aliphatic rings. The average molecular weight is 451 g/mol. The van der Waals surface area contributed by atoms with Gasteiger partial charge in [0.1, 0.15) is 5.75 Å². The first-order valence-corrected chi connectivity index (χ1v) is 12.5. The Bertz CT molecular complexity index is 1130. The van der Waals surface area contributed by atoms with E-state index in [0.29, 0.717) is 23.5 Å². The van der Waals surface area contributed by atoms with E-state index < -0.39 is 15.1 Å². The van der Waals surface area contributed by atoms with Gasteiger partial charge in [-0.2, -0.15) is 0 Å². The van der Waals surface area contributed by atoms with E-state index in [9.17, 15) is 13.2 Å². The highest BCUT2D eigenvalue weighted by Gasteiger charge is 2.31. The van der Waals surface area contributed by atoms with E-state index in [1.807, 2.05) is 26.0 Å². The quantitative estimate of drug-likeness (QED) is 0.348. The minimum absolute atomic E-state index is 0.128. The molecule has 3 aromatic rings. The van der Waals surface area contributed by atoms with Crippen molar-refractivity contribution >= 4 is 15.6 Å². The third kappa shape index (κ3) is 5.65. The van der Waals surface area contributed by atoms with Gasteiger partial charge >= 0.3 is 0 Å². The maximum absolute atomic E-state index is 13.6. The minimum atomic E-state index is -3.78. The lowest BCUT2D eigenvalue weighted by atomic mass is 10.0. The highest BCUT2D eigenvalue weighted by molar-refractivity contribution is 7.91. The van der Waals surface area contributed by atoms with E-state index >= 15 is 0 Å². The monoisotopic (exact) mass is 450 g/mol. The second-order valence-corrected chi connectivity index (χ2v) is 10.1. The van der Waals surface area contributed by atoms with E-state index in [1.165, 1.54) is 0 Å². The van der Waals surface area contributed by atoms with Crippen molar-refractivity contribution in [1.29, 1.82) is 0 Å². The molecule has 0 aliphatic carbocycles. The van der Waals surface area contributed by atoms with Crippen molar-refractivity contribution in [3.05, 3.63) is 95.1 Å². The summed E-state index contributed by atoms with van der Waals surface area (Å²) in [6.07, 6.45) is 1.64. The summed E-state index contributed by atoms with van der Waals surface area (Å²) in [5.41, 5.74) is 3.21. The number of carbonyl (C=O) groups excluding carboxylic acids is 1. The van der Waals surface area contributed by atoms with Crippen LogP contribution in [0.15, 0.2) is 77.7 Å². The number of sulfone groups is 1. The van der Waals surface area contributed by atoms with Crippen LogP contribution in [0.25, 0.3) is 0 Å². The van der Waals surface area contributed by atoms with Gasteiger partial charge in [0.25, 0.3) is 0 Å². The van der Waals surface area contributed by atoms with Gasteiger partial charge in [-0.15, -0.1) is 0 Å². The molecule has 3 rings (SSSR count). The molecule has 0 radical (unpaired) electrons. The lowest BCUT2D eigenvalue weighted by Crippen LogP contribution is -2.18. The summed E-state index contributed by atoms with van der Waals surface area (Å²) in [5.74, 6) is 0.489. The summed E-state index contributed by atoms with van der Waals surface area (Å²) >= 11 is 0. The number of rotatable bonds is 10. The Hall–Kier alpha value is -2.92. The fourth-order valence-corrected chi connectivity index (χ4v) is 5.24. The smallest absolute Gasteiger partial charge is 0.185 e. The number of ether oxygens (including phenoxy) is 1. The molecule has 0 spiro atoms. The van der Waals surface area contributed by atoms with Gasteiger partial charge in [-0.3, -0.25) is 4.79 Å². The van der Waals surface area contributed by atoms with Crippen LogP contribution in [-0.2, 0) is 16.3 Å². The number of hydrogen-bond donors (Lipinski definition) is 0. The zero-order valence-corrected chi connectivity index (χ0v) is 19.7. The molecule has 168 valence electrons. The SMILES string of the molecule is CCCOc1ccc(C(CC(=O)c2ccc(CC)cc2)S(=O)(=O)c2ccc(C)cc2)cc1. The van der Waals surface area contributed by atoms with Crippen LogP contribution < -0.4 is 4.74 Å². The van der Waals surface area contributed by atoms with Crippen LogP contribution in [-0.4, -0.2) is 20.8 Å². The van der Waals surface area contributed by atoms with Crippen LogP contribution >= 0.6 is 0 Å². The van der Waals surface area contributed by atoms with Crippen LogP contribution in [0, 0.1) is 6.92 Å². The van der Waals surface area contributed by atoms with Gasteiger partial charge in [0.15, 0.2) is 15.6 Å². The van der Waals surface area contributed by atoms with Gasteiger partial charge in [-0.25, -0.2) is 8.42 Å². The van der Waals surface area contributed by atoms with Gasteiger partial charge in [0.2, 0.25) is 0 Å². The van der Waals surface area contributed by atoms with E-state index in [-0.39, 0.29) is 17.1 Å². The molecule has 5 heteroatoms. The lowest BCUT2D eigenvalue weighted by molar-refractivity contribution is 0.0980. The molecule has 1 atom stereocenters. The summed E-state index contributed by atoms with van der Waals surface area (Å²) < 4.78 is 32.8. The van der Waals surface area contributed by atoms with Crippen molar-refractivity contribution in [2.45, 2.75) is 50.2 Å². The van der Waals surface area contributed by atoms with Crippen LogP contribution in [0.2, 0.25) is 0 Å². The first-order chi connectivity index (χ1) is 15.3. The summed E-state index contributed by atoms with van der Waals surface area (Å²) in [6.45, 7) is 6.58. The van der Waals surface area contributed by atoms with E-state index in [2.05, 4.69) is 6.92 Å². The van der Waals surface area contributed by atoms with Gasteiger partial charge in [-0.05, 0) is 55.2 Å². The highest BCUT2D eigenvalue weighted by atomic mass is 32.2. The summed E-state index contributed by atoms with van der Waals surface area (Å²) in [6, 6.07) is 21.2. The molecule has 0 amide bonds. The second kappa shape index (κ2) is 10.6. The highest BCUT2D eigenvalue weighted by Crippen LogP contribution is 2.34. The Morgan fingerprint density at radius 3 is 2.06 bits per heavy atom. The lowest BCUT2D eigenvalue weighted by Gasteiger charge is -2.19. The summed E-state index contributed by atoms with van der Waals surface area (Å²) in [7, 11) is -3.78. The second-order valence-electron chi connectivity index (χ2n) is 7.94. The first kappa shape index (κ1) is 23.7. The van der Waals surface area contributed by atoms with Gasteiger partial charge in [0, 0.05) is 12.0 Å². The zero-order valence-electron chi connectivity index (χ0n) is 18.9. The number of hydrogen-bond acceptors (Lipinski definition) is 4. The zero-order chi connectivity index (χ0) is 23.1. The standard InChI is InChI=1S/C27H30O4S/c1-4-18-31-24-14-12-23(13-15-24)27(32(29,30)25-16-6-20(3)7-17-25)19-26(28)22-10-8-21(5-2)9-11-22/h6-17,27H,4-5,18-19H2,1-3H3. The Balaban J connectivity index is 1.96. The first-order valence-electron chi connectivity index (χ1n) is 11.0. The van der Waals surface area contributed by atoms with Crippen LogP contribution in [0.1, 0.15) is 59.0 Å². The summed E-state index contributed by atoms with van der Waals surface area (Å²) in [4.78, 5) is 13.3. The molecule has 1 unspecified atom stereocenters. The predicted molar refractivity (Wildman–Crippen MR) is 128 cm³/mol. The molecule has 0 aliphatic heterocycles. The van der Waals surface area contributed by atoms with Crippen molar-refractivity contribution in [1.82, 2.24) is 0 Å². The van der Waals surface area contributed by atoms with Crippen molar-refractivity contribution < 1.29 is 17.9 Å². The van der Waals surface area contributed by atoms with Gasteiger partial charge in [-0.1, -0.05) is 67.9 Å². The third-order valence-electron chi connectivity index (χ3n) is 5.50. The summed E-state index contributed by atoms with van der Waals surface area (Å²) in [5, 5.41) is -0.983. The molecule has 32 heavy (non-hydrogen) atoms.